The first-order valence-electron chi connectivity index (χ1n) is 27.3. The molecule has 0 aliphatic heterocycles. The molecule has 0 N–H and O–H groups in total. The molecule has 81 heavy (non-hydrogen) atoms. The largest absolute Gasteiger partial charge is 0.309 e. The highest BCUT2D eigenvalue weighted by Crippen LogP contribution is 2.52. The predicted octanol–water partition coefficient (Wildman–Crippen LogP) is 18.6. The van der Waals surface area contributed by atoms with E-state index in [4.69, 9.17) is 0 Å². The fourth-order valence-corrected chi connectivity index (χ4v) is 13.7. The molecule has 374 valence electrons. The Morgan fingerprint density at radius 1 is 0.247 bits per heavy atom. The second kappa shape index (κ2) is 17.1. The molecule has 12 aromatic carbocycles. The fraction of sp³-hybridized carbons (Fsp3) is 0. The molecule has 7 nitrogen and oxygen atoms in total. The van der Waals surface area contributed by atoms with E-state index in [1.165, 1.54) is 5.39 Å². The van der Waals surface area contributed by atoms with Gasteiger partial charge in [-0.25, -0.2) is 0 Å². The van der Waals surface area contributed by atoms with Crippen LogP contribution in [0.3, 0.4) is 0 Å². The van der Waals surface area contributed by atoms with Gasteiger partial charge in [0.25, 0.3) is 0 Å². The molecule has 0 bridgehead atoms. The lowest BCUT2D eigenvalue weighted by atomic mass is 9.98. The molecular formula is C74H43N7. The van der Waals surface area contributed by atoms with E-state index in [-0.39, 0.29) is 0 Å². The smallest absolute Gasteiger partial charge is 0.104 e. The van der Waals surface area contributed by atoms with Gasteiger partial charge in [0.1, 0.15) is 11.6 Å². The van der Waals surface area contributed by atoms with E-state index in [9.17, 15) is 10.5 Å². The van der Waals surface area contributed by atoms with Crippen LogP contribution in [0.15, 0.2) is 261 Å². The van der Waals surface area contributed by atoms with Crippen molar-refractivity contribution in [3.8, 4) is 51.7 Å². The SMILES string of the molecule is N#Cc1cccc(-c2cc(-n3c4ccccc4c4c3ccc3c5ccccc5n(-c5ccccc5)c34)c(C#N)c(-n3c4ccccc4c4c5c(c6ccccc6n5-c5ccccc5)c5c(c6ccccc6n5-c5ccccc5)c43)c2)c1. The lowest BCUT2D eigenvalue weighted by Crippen LogP contribution is -2.05. The van der Waals surface area contributed by atoms with Gasteiger partial charge in [0.15, 0.2) is 0 Å². The molecule has 0 fully saturated rings. The Hall–Kier alpha value is -11.4. The van der Waals surface area contributed by atoms with Crippen LogP contribution >= 0.6 is 0 Å². The van der Waals surface area contributed by atoms with Gasteiger partial charge in [0.2, 0.25) is 0 Å². The Labute approximate surface area is 463 Å². The lowest BCUT2D eigenvalue weighted by molar-refractivity contribution is 1.12. The van der Waals surface area contributed by atoms with Crippen LogP contribution in [0.4, 0.5) is 0 Å². The van der Waals surface area contributed by atoms with Gasteiger partial charge in [-0.1, -0.05) is 164 Å². The van der Waals surface area contributed by atoms with E-state index in [2.05, 4.69) is 278 Å². The summed E-state index contributed by atoms with van der Waals surface area (Å²) in [5, 5.41) is 33.9. The van der Waals surface area contributed by atoms with E-state index in [0.717, 1.165) is 143 Å². The summed E-state index contributed by atoms with van der Waals surface area (Å²) in [4.78, 5) is 0. The average Bonchev–Trinajstić information content (AvgIpc) is 2.64. The van der Waals surface area contributed by atoms with Gasteiger partial charge in [-0.15, -0.1) is 0 Å². The normalized spacial score (nSPS) is 11.9. The van der Waals surface area contributed by atoms with Gasteiger partial charge in [-0.3, -0.25) is 0 Å². The van der Waals surface area contributed by atoms with Crippen molar-refractivity contribution >= 4 is 109 Å². The van der Waals surface area contributed by atoms with Gasteiger partial charge in [0, 0.05) is 70.9 Å². The van der Waals surface area contributed by atoms with Gasteiger partial charge in [-0.05, 0) is 108 Å². The molecule has 17 rings (SSSR count). The molecule has 7 heteroatoms. The van der Waals surface area contributed by atoms with Gasteiger partial charge in [0.05, 0.1) is 78.2 Å². The van der Waals surface area contributed by atoms with Gasteiger partial charge in [-0.2, -0.15) is 10.5 Å². The molecule has 0 saturated heterocycles. The van der Waals surface area contributed by atoms with Crippen molar-refractivity contribution in [3.63, 3.8) is 0 Å². The Balaban J connectivity index is 1.11. The summed E-state index contributed by atoms with van der Waals surface area (Å²) in [5.41, 5.74) is 17.9. The van der Waals surface area contributed by atoms with Crippen LogP contribution in [-0.4, -0.2) is 22.8 Å². The summed E-state index contributed by atoms with van der Waals surface area (Å²) in [5.74, 6) is 0. The Morgan fingerprint density at radius 3 is 1.14 bits per heavy atom. The van der Waals surface area contributed by atoms with Crippen molar-refractivity contribution in [2.24, 2.45) is 0 Å². The first-order chi connectivity index (χ1) is 40.2. The zero-order valence-electron chi connectivity index (χ0n) is 43.5. The summed E-state index contributed by atoms with van der Waals surface area (Å²) < 4.78 is 12.0. The first-order valence-corrected chi connectivity index (χ1v) is 27.3. The highest BCUT2D eigenvalue weighted by molar-refractivity contribution is 6.40. The molecule has 17 aromatic rings. The van der Waals surface area contributed by atoms with Crippen LogP contribution in [-0.2, 0) is 0 Å². The number of rotatable bonds is 6. The van der Waals surface area contributed by atoms with Crippen molar-refractivity contribution in [3.05, 3.63) is 272 Å². The van der Waals surface area contributed by atoms with E-state index in [1.54, 1.807) is 0 Å². The van der Waals surface area contributed by atoms with Crippen molar-refractivity contribution in [2.75, 3.05) is 0 Å². The maximum atomic E-state index is 12.4. The van der Waals surface area contributed by atoms with Gasteiger partial charge >= 0.3 is 0 Å². The molecular weight excluding hydrogens is 987 g/mol. The molecule has 0 spiro atoms. The second-order valence-corrected chi connectivity index (χ2v) is 21.0. The first kappa shape index (κ1) is 44.7. The summed E-state index contributed by atoms with van der Waals surface area (Å²) in [6, 6.07) is 97.6. The van der Waals surface area contributed by atoms with Crippen molar-refractivity contribution in [1.29, 1.82) is 10.5 Å². The Kier molecular flexibility index (Phi) is 9.42. The molecule has 0 saturated carbocycles. The van der Waals surface area contributed by atoms with Crippen molar-refractivity contribution in [2.45, 2.75) is 0 Å². The zero-order chi connectivity index (χ0) is 53.4. The highest BCUT2D eigenvalue weighted by Gasteiger charge is 2.31. The van der Waals surface area contributed by atoms with Crippen LogP contribution in [0.25, 0.3) is 149 Å². The number of hydrogen-bond donors (Lipinski definition) is 0. The number of nitrogens with zero attached hydrogens (tertiary/aromatic N) is 7. The van der Waals surface area contributed by atoms with Crippen LogP contribution in [0, 0.1) is 22.7 Å². The molecule has 0 aliphatic carbocycles. The summed E-state index contributed by atoms with van der Waals surface area (Å²) in [7, 11) is 0. The van der Waals surface area contributed by atoms with E-state index in [1.807, 2.05) is 18.2 Å². The number of nitriles is 2. The Bertz CT molecular complexity index is 5530. The summed E-state index contributed by atoms with van der Waals surface area (Å²) >= 11 is 0. The molecule has 0 amide bonds. The molecule has 0 aliphatic rings. The number of para-hydroxylation sites is 8. The van der Waals surface area contributed by atoms with Crippen molar-refractivity contribution < 1.29 is 0 Å². The number of fused-ring (bicyclic) bond motifs is 19. The van der Waals surface area contributed by atoms with Gasteiger partial charge < -0.3 is 22.8 Å². The average molecular weight is 1030 g/mol. The maximum absolute atomic E-state index is 12.4. The van der Waals surface area contributed by atoms with Crippen molar-refractivity contribution in [1.82, 2.24) is 22.8 Å². The minimum atomic E-state index is 0.507. The topological polar surface area (TPSA) is 72.2 Å². The van der Waals surface area contributed by atoms with E-state index >= 15 is 0 Å². The third-order valence-corrected chi connectivity index (χ3v) is 16.9. The predicted molar refractivity (Wildman–Crippen MR) is 333 cm³/mol. The number of aromatic nitrogens is 5. The third kappa shape index (κ3) is 6.15. The van der Waals surface area contributed by atoms with Crippen LogP contribution in [0.1, 0.15) is 11.1 Å². The minimum absolute atomic E-state index is 0.507. The van der Waals surface area contributed by atoms with E-state index < -0.39 is 0 Å². The Morgan fingerprint density at radius 2 is 0.642 bits per heavy atom. The van der Waals surface area contributed by atoms with Crippen LogP contribution in [0.2, 0.25) is 0 Å². The second-order valence-electron chi connectivity index (χ2n) is 21.0. The summed E-state index contributed by atoms with van der Waals surface area (Å²) in [6.45, 7) is 0. The molecule has 0 radical (unpaired) electrons. The maximum Gasteiger partial charge on any atom is 0.104 e. The number of hydrogen-bond acceptors (Lipinski definition) is 2. The summed E-state index contributed by atoms with van der Waals surface area (Å²) in [6.07, 6.45) is 0. The fourth-order valence-electron chi connectivity index (χ4n) is 13.7. The molecule has 5 heterocycles. The standard InChI is InChI=1S/C74H43N7/c75-44-46-21-20-22-47(41-46)48-42-65(80-62-37-18-11-30-54(62)67-64(80)40-39-53-52-29-10-15-34-59(52)77(71(53)67)49-23-4-1-5-24-49)58(45-76)66(43-48)81-63-38-19-14-33-57(63)70-73-68(55-31-12-16-35-60(55)78(73)50-25-6-2-7-26-50)72-69(74(70)81)56-32-13-17-36-61(56)79(72)51-27-8-3-9-28-51/h1-43H. The monoisotopic (exact) mass is 1030 g/mol. The third-order valence-electron chi connectivity index (χ3n) is 16.9. The minimum Gasteiger partial charge on any atom is -0.309 e. The highest BCUT2D eigenvalue weighted by atomic mass is 15.1. The quantitative estimate of drug-likeness (QED) is 0.166. The van der Waals surface area contributed by atoms with Crippen LogP contribution in [0.5, 0.6) is 0 Å². The zero-order valence-corrected chi connectivity index (χ0v) is 43.5. The molecule has 0 unspecified atom stereocenters. The molecule has 0 atom stereocenters. The van der Waals surface area contributed by atoms with E-state index in [0.29, 0.717) is 11.1 Å². The molecule has 5 aromatic heterocycles. The number of benzene rings is 12. The lowest BCUT2D eigenvalue weighted by Gasteiger charge is -2.19. The van der Waals surface area contributed by atoms with Crippen LogP contribution < -0.4 is 0 Å².